The van der Waals surface area contributed by atoms with E-state index in [-0.39, 0.29) is 17.2 Å². The van der Waals surface area contributed by atoms with Gasteiger partial charge in [-0.2, -0.15) is 0 Å². The molecule has 1 aliphatic heterocycles. The van der Waals surface area contributed by atoms with E-state index in [2.05, 4.69) is 25.7 Å². The Bertz CT molecular complexity index is 237. The molecule has 0 aromatic rings. The topological polar surface area (TPSA) is 20.3 Å². The van der Waals surface area contributed by atoms with Gasteiger partial charge in [0.1, 0.15) is 0 Å². The first kappa shape index (κ1) is 11.4. The van der Waals surface area contributed by atoms with Crippen LogP contribution in [0.4, 0.5) is 0 Å². The van der Waals surface area contributed by atoms with Gasteiger partial charge in [-0.3, -0.25) is 9.69 Å². The highest BCUT2D eigenvalue weighted by Gasteiger charge is 2.25. The van der Waals surface area contributed by atoms with Gasteiger partial charge in [0.2, 0.25) is 0 Å². The molecule has 0 bridgehead atoms. The van der Waals surface area contributed by atoms with Crippen molar-refractivity contribution in [1.82, 2.24) is 4.90 Å². The quantitative estimate of drug-likeness (QED) is 0.630. The van der Waals surface area contributed by atoms with Crippen molar-refractivity contribution in [2.45, 2.75) is 39.7 Å². The lowest BCUT2D eigenvalue weighted by atomic mass is 9.95. The summed E-state index contributed by atoms with van der Waals surface area (Å²) in [5.41, 5.74) is 0.104. The van der Waals surface area contributed by atoms with Crippen LogP contribution in [0.25, 0.3) is 0 Å². The van der Waals surface area contributed by atoms with Crippen molar-refractivity contribution in [2.75, 3.05) is 13.6 Å². The number of rotatable bonds is 2. The molecule has 0 spiro atoms. The van der Waals surface area contributed by atoms with Gasteiger partial charge in [-0.15, -0.1) is 0 Å². The van der Waals surface area contributed by atoms with E-state index in [0.29, 0.717) is 0 Å². The lowest BCUT2D eigenvalue weighted by Crippen LogP contribution is -2.31. The van der Waals surface area contributed by atoms with Gasteiger partial charge in [-0.1, -0.05) is 26.8 Å². The number of allylic oxidation sites excluding steroid dienone is 1. The Morgan fingerprint density at radius 3 is 2.50 bits per heavy atom. The molecule has 1 aliphatic rings. The Hall–Kier alpha value is -0.630. The summed E-state index contributed by atoms with van der Waals surface area (Å²) in [5.74, 6) is 0.264. The highest BCUT2D eigenvalue weighted by Crippen LogP contribution is 2.18. The van der Waals surface area contributed by atoms with E-state index in [1.54, 1.807) is 6.08 Å². The highest BCUT2D eigenvalue weighted by molar-refractivity contribution is 5.94. The minimum Gasteiger partial charge on any atom is -0.296 e. The number of hydrogen-bond donors (Lipinski definition) is 0. The molecule has 1 heterocycles. The monoisotopic (exact) mass is 195 g/mol. The van der Waals surface area contributed by atoms with E-state index in [1.165, 1.54) is 0 Å². The average Bonchev–Trinajstić information content (AvgIpc) is 2.46. The smallest absolute Gasteiger partial charge is 0.172 e. The van der Waals surface area contributed by atoms with Crippen LogP contribution in [0.1, 0.15) is 33.6 Å². The molecular weight excluding hydrogens is 174 g/mol. The second-order valence-corrected chi connectivity index (χ2v) is 5.24. The standard InChI is InChI=1S/C12H21NO/c1-12(2,3)8-7-11(14)10-6-5-9-13(10)4/h7-8,10H,5-6,9H2,1-4H3. The largest absolute Gasteiger partial charge is 0.296 e. The Kier molecular flexibility index (Phi) is 3.48. The van der Waals surface area contributed by atoms with Crippen LogP contribution in [0.3, 0.4) is 0 Å². The Balaban J connectivity index is 2.54. The number of likely N-dealkylation sites (tertiary alicyclic amines) is 1. The third-order valence-electron chi connectivity index (χ3n) is 2.60. The number of ketones is 1. The first-order valence-electron chi connectivity index (χ1n) is 5.33. The molecule has 0 radical (unpaired) electrons. The minimum absolute atomic E-state index is 0.104. The predicted molar refractivity (Wildman–Crippen MR) is 59.3 cm³/mol. The summed E-state index contributed by atoms with van der Waals surface area (Å²) in [5, 5.41) is 0. The van der Waals surface area contributed by atoms with Gasteiger partial charge in [0.25, 0.3) is 0 Å². The van der Waals surface area contributed by atoms with Crippen LogP contribution >= 0.6 is 0 Å². The summed E-state index contributed by atoms with van der Waals surface area (Å²) >= 11 is 0. The van der Waals surface area contributed by atoms with Crippen molar-refractivity contribution in [3.8, 4) is 0 Å². The van der Waals surface area contributed by atoms with Crippen molar-refractivity contribution in [2.24, 2.45) is 5.41 Å². The fourth-order valence-corrected chi connectivity index (χ4v) is 1.71. The van der Waals surface area contributed by atoms with E-state index in [9.17, 15) is 4.79 Å². The Morgan fingerprint density at radius 1 is 1.43 bits per heavy atom. The fraction of sp³-hybridized carbons (Fsp3) is 0.750. The van der Waals surface area contributed by atoms with Crippen LogP contribution in [-0.4, -0.2) is 30.3 Å². The molecule has 1 rings (SSSR count). The molecule has 2 heteroatoms. The maximum absolute atomic E-state index is 11.8. The summed E-state index contributed by atoms with van der Waals surface area (Å²) in [7, 11) is 2.03. The molecule has 80 valence electrons. The molecule has 14 heavy (non-hydrogen) atoms. The molecule has 1 saturated heterocycles. The fourth-order valence-electron chi connectivity index (χ4n) is 1.71. The van der Waals surface area contributed by atoms with E-state index < -0.39 is 0 Å². The van der Waals surface area contributed by atoms with Gasteiger partial charge in [0.15, 0.2) is 5.78 Å². The van der Waals surface area contributed by atoms with Crippen molar-refractivity contribution in [3.05, 3.63) is 12.2 Å². The third kappa shape index (κ3) is 3.26. The van der Waals surface area contributed by atoms with Crippen molar-refractivity contribution >= 4 is 5.78 Å². The number of hydrogen-bond acceptors (Lipinski definition) is 2. The molecule has 0 amide bonds. The summed E-state index contributed by atoms with van der Waals surface area (Å²) in [6.45, 7) is 7.37. The number of likely N-dealkylation sites (N-methyl/N-ethyl adjacent to an activating group) is 1. The maximum Gasteiger partial charge on any atom is 0.172 e. The zero-order valence-electron chi connectivity index (χ0n) is 9.71. The van der Waals surface area contributed by atoms with Crippen LogP contribution in [0.15, 0.2) is 12.2 Å². The van der Waals surface area contributed by atoms with Crippen molar-refractivity contribution in [1.29, 1.82) is 0 Å². The minimum atomic E-state index is 0.104. The van der Waals surface area contributed by atoms with Gasteiger partial charge in [0, 0.05) is 0 Å². The molecule has 1 fully saturated rings. The third-order valence-corrected chi connectivity index (χ3v) is 2.60. The second-order valence-electron chi connectivity index (χ2n) is 5.24. The SMILES string of the molecule is CN1CCCC1C(=O)C=CC(C)(C)C. The molecule has 0 aromatic carbocycles. The second kappa shape index (κ2) is 4.26. The predicted octanol–water partition coefficient (Wildman–Crippen LogP) is 2.25. The summed E-state index contributed by atoms with van der Waals surface area (Å²) in [6.07, 6.45) is 5.92. The number of carbonyl (C=O) groups excluding carboxylic acids is 1. The Labute approximate surface area is 87.0 Å². The molecule has 1 unspecified atom stereocenters. The molecule has 0 aromatic heterocycles. The summed E-state index contributed by atoms with van der Waals surface area (Å²) in [6, 6.07) is 0.133. The van der Waals surface area contributed by atoms with Crippen LogP contribution in [0.2, 0.25) is 0 Å². The zero-order chi connectivity index (χ0) is 10.8. The molecular formula is C12H21NO. The van der Waals surface area contributed by atoms with E-state index in [1.807, 2.05) is 13.1 Å². The molecule has 2 nitrogen and oxygen atoms in total. The lowest BCUT2D eigenvalue weighted by molar-refractivity contribution is -0.118. The first-order chi connectivity index (χ1) is 6.40. The maximum atomic E-state index is 11.8. The van der Waals surface area contributed by atoms with E-state index >= 15 is 0 Å². The van der Waals surface area contributed by atoms with Crippen LogP contribution < -0.4 is 0 Å². The van der Waals surface area contributed by atoms with E-state index in [4.69, 9.17) is 0 Å². The zero-order valence-corrected chi connectivity index (χ0v) is 9.71. The van der Waals surface area contributed by atoms with Gasteiger partial charge < -0.3 is 0 Å². The van der Waals surface area contributed by atoms with Gasteiger partial charge in [0.05, 0.1) is 6.04 Å². The van der Waals surface area contributed by atoms with Crippen LogP contribution in [0, 0.1) is 5.41 Å². The van der Waals surface area contributed by atoms with E-state index in [0.717, 1.165) is 19.4 Å². The number of nitrogens with zero attached hydrogens (tertiary/aromatic N) is 1. The van der Waals surface area contributed by atoms with Gasteiger partial charge >= 0.3 is 0 Å². The Morgan fingerprint density at radius 2 is 2.07 bits per heavy atom. The van der Waals surface area contributed by atoms with Gasteiger partial charge in [-0.25, -0.2) is 0 Å². The normalized spacial score (nSPS) is 24.7. The average molecular weight is 195 g/mol. The lowest BCUT2D eigenvalue weighted by Gasteiger charge is -2.17. The van der Waals surface area contributed by atoms with Crippen LogP contribution in [0.5, 0.6) is 0 Å². The molecule has 1 atom stereocenters. The van der Waals surface area contributed by atoms with Gasteiger partial charge in [-0.05, 0) is 37.9 Å². The highest BCUT2D eigenvalue weighted by atomic mass is 16.1. The van der Waals surface area contributed by atoms with Crippen molar-refractivity contribution in [3.63, 3.8) is 0 Å². The molecule has 0 N–H and O–H groups in total. The van der Waals surface area contributed by atoms with Crippen molar-refractivity contribution < 1.29 is 4.79 Å². The first-order valence-corrected chi connectivity index (χ1v) is 5.33. The van der Waals surface area contributed by atoms with Crippen LogP contribution in [-0.2, 0) is 4.79 Å². The molecule has 0 saturated carbocycles. The number of carbonyl (C=O) groups is 1. The molecule has 0 aliphatic carbocycles. The summed E-state index contributed by atoms with van der Waals surface area (Å²) < 4.78 is 0. The summed E-state index contributed by atoms with van der Waals surface area (Å²) in [4.78, 5) is 13.9.